The maximum absolute atomic E-state index is 13.3. The molecule has 1 atom stereocenters. The number of likely N-dealkylation sites (N-methyl/N-ethyl adjacent to an activating group) is 1. The molecule has 1 N–H and O–H groups in total. The maximum Gasteiger partial charge on any atom is 0.407 e. The molecule has 0 aromatic rings. The Bertz CT molecular complexity index is 1390. The number of alkyl carbamates (subject to hydrolysis) is 1. The predicted octanol–water partition coefficient (Wildman–Crippen LogP) is 15.0. The number of carbonyl (C=O) groups excluding carboxylic acids is 6. The highest BCUT2D eigenvalue weighted by atomic mass is 16.6. The lowest BCUT2D eigenvalue weighted by Crippen LogP contribution is -2.35. The van der Waals surface area contributed by atoms with Gasteiger partial charge in [-0.05, 0) is 84.2 Å². The standard InChI is InChI=1S/C61H110N2O12.H2/c1-6-10-13-16-19-20-21-22-27-34-41-54(75-61(69)62-48-49-63(5)9-4)46-47-60(68)74-55(52-72-58(66)44-37-30-25-28-35-42-56(64)70-50-39-32-23-17-14-11-7-2)53-73-59(67)45-38-31-26-29-36-43-57(65)71-51-40-33-24-18-15-12-8-3;/h32-33,39-40,54-55H,6-31,34-38,41-53H2,1-5H3,(H,62,69);1H/b39-32-,40-33-;. The molecular formula is C61H112N2O12. The summed E-state index contributed by atoms with van der Waals surface area (Å²) in [7, 11) is 1.98. The SMILES string of the molecule is CCCCCC/C=C\COC(=O)CCCCCCCC(=O)OCC(COC(=O)CCCCCCCC(=O)OC/C=C\CCCCCC)OC(=O)CCC(CCCCCCCCCCCC)OC(=O)NCCN(C)CC.[HH]. The number of hydrogen-bond donors (Lipinski definition) is 1. The Kier molecular flexibility index (Phi) is 52.0. The third-order valence-electron chi connectivity index (χ3n) is 13.3. The Labute approximate surface area is 458 Å². The number of esters is 5. The first-order valence-electron chi connectivity index (χ1n) is 30.3. The second-order valence-electron chi connectivity index (χ2n) is 20.4. The summed E-state index contributed by atoms with van der Waals surface area (Å²) in [6.45, 7) is 10.7. The highest BCUT2D eigenvalue weighted by Crippen LogP contribution is 2.18. The van der Waals surface area contributed by atoms with Crippen molar-refractivity contribution in [1.29, 1.82) is 0 Å². The first-order chi connectivity index (χ1) is 36.5. The molecule has 0 aromatic heterocycles. The van der Waals surface area contributed by atoms with Crippen LogP contribution in [0.15, 0.2) is 24.3 Å². The summed E-state index contributed by atoms with van der Waals surface area (Å²) in [6.07, 6.45) is 39.1. The topological polar surface area (TPSA) is 173 Å². The minimum Gasteiger partial charge on any atom is -0.462 e. The Morgan fingerprint density at radius 3 is 1.23 bits per heavy atom. The molecule has 0 aliphatic carbocycles. The fraction of sp³-hybridized carbons (Fsp3) is 0.836. The molecule has 0 radical (unpaired) electrons. The smallest absolute Gasteiger partial charge is 0.407 e. The Hall–Kier alpha value is -3.94. The van der Waals surface area contributed by atoms with E-state index in [1.165, 1.54) is 83.5 Å². The van der Waals surface area contributed by atoms with Crippen molar-refractivity contribution in [3.8, 4) is 0 Å². The minimum absolute atomic E-state index is 0. The van der Waals surface area contributed by atoms with Gasteiger partial charge in [0.1, 0.15) is 32.5 Å². The largest absolute Gasteiger partial charge is 0.462 e. The number of unbranched alkanes of at least 4 members (excludes halogenated alkanes) is 25. The van der Waals surface area contributed by atoms with Crippen LogP contribution in [0.25, 0.3) is 0 Å². The summed E-state index contributed by atoms with van der Waals surface area (Å²) < 4.78 is 33.3. The second kappa shape index (κ2) is 54.8. The lowest BCUT2D eigenvalue weighted by molar-refractivity contribution is -0.167. The number of nitrogens with one attached hydrogen (secondary N) is 1. The highest BCUT2D eigenvalue weighted by molar-refractivity contribution is 5.72. The van der Waals surface area contributed by atoms with Crippen molar-refractivity contribution in [2.24, 2.45) is 0 Å². The number of nitrogens with zero attached hydrogens (tertiary/aromatic N) is 1. The fourth-order valence-corrected chi connectivity index (χ4v) is 8.29. The summed E-state index contributed by atoms with van der Waals surface area (Å²) in [6, 6.07) is 0. The van der Waals surface area contributed by atoms with Crippen LogP contribution in [0.4, 0.5) is 4.79 Å². The van der Waals surface area contributed by atoms with Gasteiger partial charge in [0.25, 0.3) is 0 Å². The van der Waals surface area contributed by atoms with E-state index in [9.17, 15) is 28.8 Å². The molecule has 0 bridgehead atoms. The van der Waals surface area contributed by atoms with E-state index in [0.29, 0.717) is 58.4 Å². The summed E-state index contributed by atoms with van der Waals surface area (Å²) in [5, 5.41) is 2.83. The molecule has 0 fully saturated rings. The van der Waals surface area contributed by atoms with Crippen LogP contribution in [0.1, 0.15) is 267 Å². The highest BCUT2D eigenvalue weighted by Gasteiger charge is 2.22. The number of carbonyl (C=O) groups is 6. The zero-order valence-electron chi connectivity index (χ0n) is 48.4. The van der Waals surface area contributed by atoms with Gasteiger partial charge in [0, 0.05) is 46.6 Å². The molecule has 0 saturated heterocycles. The maximum atomic E-state index is 13.3. The molecule has 14 nitrogen and oxygen atoms in total. The molecule has 75 heavy (non-hydrogen) atoms. The van der Waals surface area contributed by atoms with Crippen molar-refractivity contribution in [3.63, 3.8) is 0 Å². The summed E-state index contributed by atoms with van der Waals surface area (Å²) in [5.74, 6) is -1.84. The van der Waals surface area contributed by atoms with E-state index < -0.39 is 36.2 Å². The lowest BCUT2D eigenvalue weighted by atomic mass is 10.0. The molecule has 0 aliphatic heterocycles. The molecule has 1 amide bonds. The van der Waals surface area contributed by atoms with Gasteiger partial charge >= 0.3 is 35.9 Å². The van der Waals surface area contributed by atoms with E-state index in [0.717, 1.165) is 103 Å². The molecule has 0 saturated carbocycles. The van der Waals surface area contributed by atoms with Crippen molar-refractivity contribution in [2.75, 3.05) is 53.1 Å². The zero-order valence-corrected chi connectivity index (χ0v) is 48.4. The molecule has 438 valence electrons. The third kappa shape index (κ3) is 51.9. The first-order valence-corrected chi connectivity index (χ1v) is 30.3. The Balaban J connectivity index is 0. The predicted molar refractivity (Wildman–Crippen MR) is 303 cm³/mol. The number of hydrogen-bond acceptors (Lipinski definition) is 13. The van der Waals surface area contributed by atoms with E-state index in [1.807, 2.05) is 26.1 Å². The normalized spacial score (nSPS) is 11.9. The fourth-order valence-electron chi connectivity index (χ4n) is 8.29. The minimum atomic E-state index is -1.01. The van der Waals surface area contributed by atoms with Gasteiger partial charge < -0.3 is 38.6 Å². The monoisotopic (exact) mass is 1060 g/mol. The molecule has 14 heteroatoms. The van der Waals surface area contributed by atoms with Crippen LogP contribution in [0, 0.1) is 0 Å². The Morgan fingerprint density at radius 1 is 0.413 bits per heavy atom. The van der Waals surface area contributed by atoms with Gasteiger partial charge in [0.2, 0.25) is 0 Å². The number of rotatable bonds is 54. The van der Waals surface area contributed by atoms with E-state index in [4.69, 9.17) is 28.4 Å². The van der Waals surface area contributed by atoms with Gasteiger partial charge in [0.05, 0.1) is 0 Å². The van der Waals surface area contributed by atoms with Gasteiger partial charge in [-0.15, -0.1) is 0 Å². The lowest BCUT2D eigenvalue weighted by Gasteiger charge is -2.21. The third-order valence-corrected chi connectivity index (χ3v) is 13.3. The van der Waals surface area contributed by atoms with Crippen LogP contribution in [0.2, 0.25) is 0 Å². The molecular weight excluding hydrogens is 953 g/mol. The van der Waals surface area contributed by atoms with Crippen molar-refractivity contribution >= 4 is 35.9 Å². The van der Waals surface area contributed by atoms with Crippen LogP contribution in [-0.2, 0) is 52.4 Å². The molecule has 0 aliphatic rings. The van der Waals surface area contributed by atoms with Crippen molar-refractivity contribution in [1.82, 2.24) is 10.2 Å². The van der Waals surface area contributed by atoms with E-state index >= 15 is 0 Å². The van der Waals surface area contributed by atoms with Crippen molar-refractivity contribution in [2.45, 2.75) is 277 Å². The van der Waals surface area contributed by atoms with Gasteiger partial charge in [-0.2, -0.15) is 0 Å². The van der Waals surface area contributed by atoms with E-state index in [2.05, 4.69) is 43.1 Å². The quantitative estimate of drug-likeness (QED) is 0.0264. The average Bonchev–Trinajstić information content (AvgIpc) is 3.39. The van der Waals surface area contributed by atoms with Crippen molar-refractivity contribution < 1.29 is 58.6 Å². The molecule has 1 unspecified atom stereocenters. The zero-order chi connectivity index (χ0) is 55.1. The van der Waals surface area contributed by atoms with Crippen LogP contribution < -0.4 is 5.32 Å². The molecule has 0 heterocycles. The van der Waals surface area contributed by atoms with Crippen LogP contribution in [0.3, 0.4) is 0 Å². The van der Waals surface area contributed by atoms with Crippen LogP contribution >= 0.6 is 0 Å². The van der Waals surface area contributed by atoms with Gasteiger partial charge in [-0.1, -0.05) is 187 Å². The molecule has 0 rings (SSSR count). The summed E-state index contributed by atoms with van der Waals surface area (Å²) in [5.41, 5.74) is 0. The van der Waals surface area contributed by atoms with Gasteiger partial charge in [0.15, 0.2) is 6.10 Å². The van der Waals surface area contributed by atoms with Gasteiger partial charge in [-0.3, -0.25) is 24.0 Å². The van der Waals surface area contributed by atoms with E-state index in [-0.39, 0.29) is 52.3 Å². The Morgan fingerprint density at radius 2 is 0.800 bits per heavy atom. The van der Waals surface area contributed by atoms with Crippen LogP contribution in [-0.4, -0.2) is 106 Å². The molecule has 0 spiro atoms. The summed E-state index contributed by atoms with van der Waals surface area (Å²) >= 11 is 0. The second-order valence-corrected chi connectivity index (χ2v) is 20.4. The average molecular weight is 1070 g/mol. The first kappa shape index (κ1) is 71.1. The molecule has 0 aromatic carbocycles. The number of amides is 1. The van der Waals surface area contributed by atoms with E-state index in [1.54, 1.807) is 0 Å². The summed E-state index contributed by atoms with van der Waals surface area (Å²) in [4.78, 5) is 78.1. The number of ether oxygens (including phenoxy) is 6. The van der Waals surface area contributed by atoms with Gasteiger partial charge in [-0.25, -0.2) is 4.79 Å². The van der Waals surface area contributed by atoms with Crippen LogP contribution in [0.5, 0.6) is 0 Å². The number of allylic oxidation sites excluding steroid dienone is 2. The van der Waals surface area contributed by atoms with Crippen molar-refractivity contribution in [3.05, 3.63) is 24.3 Å².